The summed E-state index contributed by atoms with van der Waals surface area (Å²) in [5.41, 5.74) is 2.46. The predicted molar refractivity (Wildman–Crippen MR) is 101 cm³/mol. The molecule has 1 aliphatic rings. The molecule has 2 unspecified atom stereocenters. The number of para-hydroxylation sites is 1. The highest BCUT2D eigenvalue weighted by Crippen LogP contribution is 2.59. The van der Waals surface area contributed by atoms with Gasteiger partial charge in [0, 0.05) is 13.0 Å². The lowest BCUT2D eigenvalue weighted by atomic mass is 10.1. The fraction of sp³-hybridized carbons (Fsp3) is 0.500. The Balaban J connectivity index is 1.47. The van der Waals surface area contributed by atoms with Crippen molar-refractivity contribution in [3.63, 3.8) is 0 Å². The number of carbonyl (C=O) groups is 1. The lowest BCUT2D eigenvalue weighted by Crippen LogP contribution is -2.28. The third kappa shape index (κ3) is 3.54. The van der Waals surface area contributed by atoms with Crippen molar-refractivity contribution >= 4 is 27.5 Å². The van der Waals surface area contributed by atoms with Gasteiger partial charge in [-0.1, -0.05) is 37.6 Å². The Morgan fingerprint density at radius 3 is 2.79 bits per heavy atom. The minimum atomic E-state index is 0.0917. The number of hydrogen-bond donors (Lipinski definition) is 1. The number of benzene rings is 1. The summed E-state index contributed by atoms with van der Waals surface area (Å²) in [6.45, 7) is 9.29. The Bertz CT molecular complexity index is 738. The van der Waals surface area contributed by atoms with Crippen LogP contribution in [-0.2, 0) is 11.2 Å². The number of allylic oxidation sites excluding steroid dienone is 2. The summed E-state index contributed by atoms with van der Waals surface area (Å²) >= 11 is 1.75. The zero-order chi connectivity index (χ0) is 17.3. The quantitative estimate of drug-likeness (QED) is 0.616. The minimum Gasteiger partial charge on any atom is -0.356 e. The number of carbonyl (C=O) groups excluding carboxylic acids is 1. The molecule has 1 aromatic carbocycles. The third-order valence-corrected chi connectivity index (χ3v) is 6.01. The van der Waals surface area contributed by atoms with Crippen molar-refractivity contribution in [1.82, 2.24) is 10.3 Å². The molecule has 3 rings (SSSR count). The zero-order valence-corrected chi connectivity index (χ0v) is 15.7. The Hall–Kier alpha value is -1.68. The van der Waals surface area contributed by atoms with Crippen molar-refractivity contribution in [2.24, 2.45) is 17.3 Å². The van der Waals surface area contributed by atoms with E-state index in [-0.39, 0.29) is 17.2 Å². The van der Waals surface area contributed by atoms with E-state index in [1.807, 2.05) is 12.1 Å². The number of hydrogen-bond acceptors (Lipinski definition) is 3. The standard InChI is InChI=1S/C20H26N2OS/c1-13(2)12-14-18(20(14,3)4)19(23)21-11-7-10-17-22-15-8-5-6-9-16(15)24-17/h5-6,8-9,12,14,18H,7,10-11H2,1-4H3,(H,21,23). The Morgan fingerprint density at radius 2 is 2.08 bits per heavy atom. The van der Waals surface area contributed by atoms with Crippen LogP contribution in [0, 0.1) is 17.3 Å². The monoisotopic (exact) mass is 342 g/mol. The van der Waals surface area contributed by atoms with Crippen molar-refractivity contribution < 1.29 is 4.79 Å². The van der Waals surface area contributed by atoms with Crippen molar-refractivity contribution in [2.45, 2.75) is 40.5 Å². The van der Waals surface area contributed by atoms with Crippen LogP contribution in [0.15, 0.2) is 35.9 Å². The van der Waals surface area contributed by atoms with Crippen molar-refractivity contribution in [2.75, 3.05) is 6.54 Å². The van der Waals surface area contributed by atoms with E-state index in [4.69, 9.17) is 0 Å². The molecule has 1 aromatic heterocycles. The van der Waals surface area contributed by atoms with Gasteiger partial charge in [-0.2, -0.15) is 0 Å². The van der Waals surface area contributed by atoms with Gasteiger partial charge in [-0.25, -0.2) is 4.98 Å². The number of nitrogens with zero attached hydrogens (tertiary/aromatic N) is 1. The normalized spacial score (nSPS) is 21.5. The van der Waals surface area contributed by atoms with Crippen LogP contribution < -0.4 is 5.32 Å². The van der Waals surface area contributed by atoms with Crippen molar-refractivity contribution in [1.29, 1.82) is 0 Å². The molecule has 1 heterocycles. The maximum atomic E-state index is 12.4. The van der Waals surface area contributed by atoms with E-state index in [0.29, 0.717) is 5.92 Å². The molecule has 0 aliphatic heterocycles. The second-order valence-corrected chi connectivity index (χ2v) is 8.65. The van der Waals surface area contributed by atoms with E-state index in [1.165, 1.54) is 10.3 Å². The molecule has 1 saturated carbocycles. The molecule has 1 aliphatic carbocycles. The molecule has 0 saturated heterocycles. The molecule has 128 valence electrons. The number of amides is 1. The van der Waals surface area contributed by atoms with E-state index in [0.717, 1.165) is 29.9 Å². The van der Waals surface area contributed by atoms with E-state index in [9.17, 15) is 4.79 Å². The number of thiazole rings is 1. The second-order valence-electron chi connectivity index (χ2n) is 7.54. The van der Waals surface area contributed by atoms with Crippen molar-refractivity contribution in [3.8, 4) is 0 Å². The molecule has 3 nitrogen and oxygen atoms in total. The fourth-order valence-electron chi connectivity index (χ4n) is 3.44. The van der Waals surface area contributed by atoms with Gasteiger partial charge in [0.15, 0.2) is 0 Å². The van der Waals surface area contributed by atoms with Crippen LogP contribution in [0.2, 0.25) is 0 Å². The Morgan fingerprint density at radius 1 is 1.33 bits per heavy atom. The molecule has 1 amide bonds. The number of rotatable bonds is 6. The van der Waals surface area contributed by atoms with Crippen LogP contribution in [0.25, 0.3) is 10.2 Å². The first kappa shape index (κ1) is 17.2. The Labute approximate surface area is 148 Å². The van der Waals surface area contributed by atoms with Gasteiger partial charge in [-0.15, -0.1) is 11.3 Å². The summed E-state index contributed by atoms with van der Waals surface area (Å²) in [4.78, 5) is 17.1. The summed E-state index contributed by atoms with van der Waals surface area (Å²) < 4.78 is 1.24. The Kier molecular flexibility index (Phi) is 4.77. The van der Waals surface area contributed by atoms with E-state index < -0.39 is 0 Å². The first-order chi connectivity index (χ1) is 11.4. The number of fused-ring (bicyclic) bond motifs is 1. The smallest absolute Gasteiger partial charge is 0.224 e. The highest BCUT2D eigenvalue weighted by Gasteiger charge is 2.60. The highest BCUT2D eigenvalue weighted by molar-refractivity contribution is 7.18. The second kappa shape index (κ2) is 6.67. The minimum absolute atomic E-state index is 0.0917. The first-order valence-corrected chi connectivity index (χ1v) is 9.48. The molecular weight excluding hydrogens is 316 g/mol. The number of aryl methyl sites for hydroxylation is 1. The average Bonchev–Trinajstić information content (AvgIpc) is 2.88. The number of aromatic nitrogens is 1. The van der Waals surface area contributed by atoms with Crippen LogP contribution >= 0.6 is 11.3 Å². The van der Waals surface area contributed by atoms with E-state index in [1.54, 1.807) is 11.3 Å². The fourth-order valence-corrected chi connectivity index (χ4v) is 4.45. The average molecular weight is 343 g/mol. The summed E-state index contributed by atoms with van der Waals surface area (Å²) in [5.74, 6) is 0.702. The van der Waals surface area contributed by atoms with Crippen LogP contribution in [0.5, 0.6) is 0 Å². The van der Waals surface area contributed by atoms with Crippen LogP contribution in [0.3, 0.4) is 0 Å². The van der Waals surface area contributed by atoms with Gasteiger partial charge in [0.2, 0.25) is 5.91 Å². The third-order valence-electron chi connectivity index (χ3n) is 4.91. The van der Waals surface area contributed by atoms with Gasteiger partial charge in [-0.3, -0.25) is 4.79 Å². The van der Waals surface area contributed by atoms with E-state index >= 15 is 0 Å². The molecular formula is C20H26N2OS. The maximum Gasteiger partial charge on any atom is 0.224 e. The molecule has 1 fully saturated rings. The molecule has 2 aromatic rings. The largest absolute Gasteiger partial charge is 0.356 e. The van der Waals surface area contributed by atoms with Crippen LogP contribution in [-0.4, -0.2) is 17.4 Å². The van der Waals surface area contributed by atoms with Crippen LogP contribution in [0.1, 0.15) is 39.1 Å². The van der Waals surface area contributed by atoms with Gasteiger partial charge in [-0.05, 0) is 43.7 Å². The molecule has 24 heavy (non-hydrogen) atoms. The van der Waals surface area contributed by atoms with Gasteiger partial charge in [0.1, 0.15) is 0 Å². The van der Waals surface area contributed by atoms with Crippen LogP contribution in [0.4, 0.5) is 0 Å². The highest BCUT2D eigenvalue weighted by atomic mass is 32.1. The summed E-state index contributed by atoms with van der Waals surface area (Å²) in [7, 11) is 0. The van der Waals surface area contributed by atoms with Gasteiger partial charge < -0.3 is 5.32 Å². The van der Waals surface area contributed by atoms with Gasteiger partial charge >= 0.3 is 0 Å². The lowest BCUT2D eigenvalue weighted by Gasteiger charge is -2.05. The summed E-state index contributed by atoms with van der Waals surface area (Å²) in [6, 6.07) is 8.23. The van der Waals surface area contributed by atoms with Gasteiger partial charge in [0.25, 0.3) is 0 Å². The zero-order valence-electron chi connectivity index (χ0n) is 14.9. The maximum absolute atomic E-state index is 12.4. The summed E-state index contributed by atoms with van der Waals surface area (Å²) in [5, 5.41) is 4.27. The SMILES string of the molecule is CC(C)=CC1C(C(=O)NCCCc2nc3ccccc3s2)C1(C)C. The van der Waals surface area contributed by atoms with E-state index in [2.05, 4.69) is 56.2 Å². The molecule has 4 heteroatoms. The lowest BCUT2D eigenvalue weighted by molar-refractivity contribution is -0.123. The molecule has 0 spiro atoms. The molecule has 0 bridgehead atoms. The first-order valence-electron chi connectivity index (χ1n) is 8.67. The molecule has 2 atom stereocenters. The summed E-state index contributed by atoms with van der Waals surface area (Å²) in [6.07, 6.45) is 4.10. The molecule has 1 N–H and O–H groups in total. The van der Waals surface area contributed by atoms with Gasteiger partial charge in [0.05, 0.1) is 21.1 Å². The topological polar surface area (TPSA) is 42.0 Å². The number of nitrogens with one attached hydrogen (secondary N) is 1. The predicted octanol–water partition coefficient (Wildman–Crippen LogP) is 4.58. The molecule has 0 radical (unpaired) electrons. The van der Waals surface area contributed by atoms with Crippen molar-refractivity contribution in [3.05, 3.63) is 40.9 Å².